The number of halogens is 1. The Hall–Kier alpha value is -1.93. The van der Waals surface area contributed by atoms with E-state index in [1.54, 1.807) is 0 Å². The van der Waals surface area contributed by atoms with Crippen LogP contribution in [-0.2, 0) is 32.0 Å². The molecule has 0 saturated carbocycles. The first-order chi connectivity index (χ1) is 12.9. The molecule has 3 N–H and O–H groups in total. The highest BCUT2D eigenvalue weighted by Gasteiger charge is 2.41. The predicted octanol–water partition coefficient (Wildman–Crippen LogP) is 0.997. The van der Waals surface area contributed by atoms with Gasteiger partial charge in [0.1, 0.15) is 6.04 Å². The number of aliphatic hydroxyl groups is 1. The summed E-state index contributed by atoms with van der Waals surface area (Å²) in [5.41, 5.74) is 0.336. The van der Waals surface area contributed by atoms with E-state index >= 15 is 0 Å². The summed E-state index contributed by atoms with van der Waals surface area (Å²) in [4.78, 5) is 36.3. The van der Waals surface area contributed by atoms with Gasteiger partial charge in [-0.15, -0.1) is 0 Å². The number of esters is 1. The fraction of sp³-hybridized carbons (Fsp3) is 0.526. The molecule has 1 fully saturated rings. The van der Waals surface area contributed by atoms with E-state index in [-0.39, 0.29) is 18.7 Å². The number of rotatable bonds is 4. The van der Waals surface area contributed by atoms with Gasteiger partial charge in [0.25, 0.3) is 5.91 Å². The lowest BCUT2D eigenvalue weighted by Gasteiger charge is -2.31. The zero-order chi connectivity index (χ0) is 19.4. The lowest BCUT2D eigenvalue weighted by molar-refractivity contribution is -0.168. The minimum absolute atomic E-state index is 0.154. The van der Waals surface area contributed by atoms with Crippen LogP contribution in [-0.4, -0.2) is 47.7 Å². The molecule has 1 aromatic carbocycles. The molecule has 8 heteroatoms. The van der Waals surface area contributed by atoms with Crippen molar-refractivity contribution in [1.29, 1.82) is 0 Å². The van der Waals surface area contributed by atoms with Gasteiger partial charge in [0.15, 0.2) is 12.2 Å². The molecule has 0 spiro atoms. The molecule has 146 valence electrons. The molecule has 1 heterocycles. The fourth-order valence-electron chi connectivity index (χ4n) is 3.50. The molecule has 2 amide bonds. The third kappa shape index (κ3) is 4.87. The number of amides is 2. The van der Waals surface area contributed by atoms with Crippen LogP contribution in [0.2, 0.25) is 0 Å². The normalized spacial score (nSPS) is 25.0. The number of fused-ring (bicyclic) bond motifs is 1. The number of nitrogens with one attached hydrogen (secondary N) is 2. The topological polar surface area (TPSA) is 105 Å². The van der Waals surface area contributed by atoms with Crippen molar-refractivity contribution in [2.75, 3.05) is 13.2 Å². The van der Waals surface area contributed by atoms with E-state index in [2.05, 4.69) is 26.6 Å². The van der Waals surface area contributed by atoms with Gasteiger partial charge in [0, 0.05) is 17.4 Å². The highest BCUT2D eigenvalue weighted by Crippen LogP contribution is 2.31. The zero-order valence-corrected chi connectivity index (χ0v) is 16.5. The second-order valence-electron chi connectivity index (χ2n) is 7.10. The van der Waals surface area contributed by atoms with Crippen LogP contribution in [0.5, 0.6) is 0 Å². The molecule has 7 nitrogen and oxygen atoms in total. The van der Waals surface area contributed by atoms with Gasteiger partial charge in [0.05, 0.1) is 0 Å². The quantitative estimate of drug-likeness (QED) is 0.608. The first-order valence-corrected chi connectivity index (χ1v) is 9.91. The maximum atomic E-state index is 12.4. The largest absolute Gasteiger partial charge is 0.453 e. The first kappa shape index (κ1) is 19.8. The molecule has 1 aliphatic carbocycles. The number of carbonyl (C=O) groups excluding carboxylic acids is 3. The van der Waals surface area contributed by atoms with Crippen molar-refractivity contribution in [1.82, 2.24) is 10.6 Å². The van der Waals surface area contributed by atoms with Crippen LogP contribution in [0.15, 0.2) is 22.7 Å². The molecule has 1 saturated heterocycles. The highest BCUT2D eigenvalue weighted by atomic mass is 79.9. The number of ether oxygens (including phenoxy) is 1. The van der Waals surface area contributed by atoms with E-state index in [4.69, 9.17) is 4.74 Å². The predicted molar refractivity (Wildman–Crippen MR) is 101 cm³/mol. The van der Waals surface area contributed by atoms with Gasteiger partial charge in [-0.3, -0.25) is 9.59 Å². The third-order valence-electron chi connectivity index (χ3n) is 5.04. The second-order valence-corrected chi connectivity index (χ2v) is 8.02. The summed E-state index contributed by atoms with van der Waals surface area (Å²) in [6.07, 6.45) is 3.20. The molecular weight excluding hydrogens is 416 g/mol. The molecule has 0 bridgehead atoms. The van der Waals surface area contributed by atoms with Crippen molar-refractivity contribution in [3.05, 3.63) is 33.8 Å². The van der Waals surface area contributed by atoms with Gasteiger partial charge in [-0.25, -0.2) is 4.79 Å². The Labute approximate surface area is 166 Å². The Morgan fingerprint density at radius 3 is 2.96 bits per heavy atom. The molecule has 3 rings (SSSR count). The smallest absolute Gasteiger partial charge is 0.338 e. The van der Waals surface area contributed by atoms with Gasteiger partial charge in [0.2, 0.25) is 5.91 Å². The number of hydrogen-bond acceptors (Lipinski definition) is 5. The summed E-state index contributed by atoms with van der Waals surface area (Å²) >= 11 is 3.41. The van der Waals surface area contributed by atoms with E-state index in [0.29, 0.717) is 19.4 Å². The Bertz CT molecular complexity index is 754. The highest BCUT2D eigenvalue weighted by molar-refractivity contribution is 9.10. The van der Waals surface area contributed by atoms with E-state index in [1.165, 1.54) is 0 Å². The van der Waals surface area contributed by atoms with Gasteiger partial charge in [-0.05, 0) is 55.4 Å². The maximum Gasteiger partial charge on any atom is 0.338 e. The monoisotopic (exact) mass is 438 g/mol. The summed E-state index contributed by atoms with van der Waals surface area (Å²) < 4.78 is 6.00. The average Bonchev–Trinajstić information content (AvgIpc) is 2.84. The fourth-order valence-corrected chi connectivity index (χ4v) is 3.91. The SMILES string of the molecule is O=C(COC(=O)C1(O)CCc2cc(Br)ccc2C1)NC1CCCCNC1=O. The molecule has 27 heavy (non-hydrogen) atoms. The minimum Gasteiger partial charge on any atom is -0.453 e. The Kier molecular flexibility index (Phi) is 6.16. The Morgan fingerprint density at radius 1 is 1.33 bits per heavy atom. The first-order valence-electron chi connectivity index (χ1n) is 9.11. The lowest BCUT2D eigenvalue weighted by Crippen LogP contribution is -2.49. The van der Waals surface area contributed by atoms with Crippen LogP contribution in [0.25, 0.3) is 0 Å². The number of benzene rings is 1. The van der Waals surface area contributed by atoms with E-state index in [9.17, 15) is 19.5 Å². The molecule has 1 aliphatic heterocycles. The standard InChI is InChI=1S/C19H23BrN2O5/c20-14-5-4-13-10-19(26,7-6-12(13)9-14)18(25)27-11-16(23)22-15-3-1-2-8-21-17(15)24/h4-5,9,15,26H,1-3,6-8,10-11H2,(H,21,24)(H,22,23). The van der Waals surface area contributed by atoms with E-state index in [0.717, 1.165) is 28.4 Å². The maximum absolute atomic E-state index is 12.4. The summed E-state index contributed by atoms with van der Waals surface area (Å²) in [5, 5.41) is 16.0. The summed E-state index contributed by atoms with van der Waals surface area (Å²) in [6, 6.07) is 5.10. The molecule has 1 aromatic rings. The number of hydrogen-bond donors (Lipinski definition) is 3. The van der Waals surface area contributed by atoms with Gasteiger partial charge in [-0.2, -0.15) is 0 Å². The number of aryl methyl sites for hydroxylation is 1. The minimum atomic E-state index is -1.64. The van der Waals surface area contributed by atoms with Crippen LogP contribution in [0, 0.1) is 0 Å². The van der Waals surface area contributed by atoms with Crippen LogP contribution >= 0.6 is 15.9 Å². The molecule has 2 aliphatic rings. The average molecular weight is 439 g/mol. The molecular formula is C19H23BrN2O5. The van der Waals surface area contributed by atoms with Crippen molar-refractivity contribution in [3.8, 4) is 0 Å². The molecule has 0 aromatic heterocycles. The van der Waals surface area contributed by atoms with Crippen LogP contribution in [0.1, 0.15) is 36.8 Å². The zero-order valence-electron chi connectivity index (χ0n) is 14.9. The van der Waals surface area contributed by atoms with Crippen molar-refractivity contribution in [2.45, 2.75) is 50.2 Å². The second kappa shape index (κ2) is 8.39. The Morgan fingerprint density at radius 2 is 2.15 bits per heavy atom. The lowest BCUT2D eigenvalue weighted by atomic mass is 9.80. The Balaban J connectivity index is 1.53. The molecule has 2 unspecified atom stereocenters. The number of carbonyl (C=O) groups is 3. The van der Waals surface area contributed by atoms with Crippen LogP contribution in [0.3, 0.4) is 0 Å². The van der Waals surface area contributed by atoms with Crippen molar-refractivity contribution >= 4 is 33.7 Å². The van der Waals surface area contributed by atoms with Gasteiger partial charge >= 0.3 is 5.97 Å². The van der Waals surface area contributed by atoms with Gasteiger partial charge < -0.3 is 20.5 Å². The summed E-state index contributed by atoms with van der Waals surface area (Å²) in [6.45, 7) is 0.0867. The third-order valence-corrected chi connectivity index (χ3v) is 5.54. The van der Waals surface area contributed by atoms with Crippen molar-refractivity contribution in [3.63, 3.8) is 0 Å². The summed E-state index contributed by atoms with van der Waals surface area (Å²) in [5.74, 6) is -1.58. The summed E-state index contributed by atoms with van der Waals surface area (Å²) in [7, 11) is 0. The van der Waals surface area contributed by atoms with Crippen molar-refractivity contribution in [2.24, 2.45) is 0 Å². The van der Waals surface area contributed by atoms with Crippen molar-refractivity contribution < 1.29 is 24.2 Å². The van der Waals surface area contributed by atoms with E-state index < -0.39 is 30.1 Å². The molecule has 0 radical (unpaired) electrons. The van der Waals surface area contributed by atoms with Crippen LogP contribution in [0.4, 0.5) is 0 Å². The van der Waals surface area contributed by atoms with E-state index in [1.807, 2.05) is 18.2 Å². The van der Waals surface area contributed by atoms with Gasteiger partial charge in [-0.1, -0.05) is 22.0 Å². The molecule has 2 atom stereocenters. The van der Waals surface area contributed by atoms with Crippen LogP contribution < -0.4 is 10.6 Å².